The molecule has 0 aliphatic rings. The smallest absolute Gasteiger partial charge is 0.372 e. The topological polar surface area (TPSA) is 38.3 Å². The second kappa shape index (κ2) is 7.12. The molecule has 0 radical (unpaired) electrons. The Balaban J connectivity index is 2.33. The SMILES string of the molecule is O=C(CCOCC(F)(F)F)Nc1ccc(Br)c(Cl)c1. The fourth-order valence-electron chi connectivity index (χ4n) is 1.15. The monoisotopic (exact) mass is 359 g/mol. The van der Waals surface area contributed by atoms with Gasteiger partial charge >= 0.3 is 6.18 Å². The minimum Gasteiger partial charge on any atom is -0.372 e. The maximum absolute atomic E-state index is 11.8. The van der Waals surface area contributed by atoms with Crippen molar-refractivity contribution >= 4 is 39.1 Å². The van der Waals surface area contributed by atoms with Gasteiger partial charge in [0.15, 0.2) is 0 Å². The van der Waals surface area contributed by atoms with Gasteiger partial charge in [-0.25, -0.2) is 0 Å². The maximum Gasteiger partial charge on any atom is 0.411 e. The number of benzene rings is 1. The van der Waals surface area contributed by atoms with Crippen molar-refractivity contribution in [3.63, 3.8) is 0 Å². The van der Waals surface area contributed by atoms with Crippen molar-refractivity contribution < 1.29 is 22.7 Å². The van der Waals surface area contributed by atoms with E-state index in [0.29, 0.717) is 15.2 Å². The van der Waals surface area contributed by atoms with Crippen molar-refractivity contribution in [2.75, 3.05) is 18.5 Å². The quantitative estimate of drug-likeness (QED) is 0.806. The standard InChI is InChI=1S/C11H10BrClF3NO2/c12-8-2-1-7(5-9(8)13)17-10(18)3-4-19-6-11(14,15)16/h1-2,5H,3-4,6H2,(H,17,18). The molecular weight excluding hydrogens is 350 g/mol. The van der Waals surface area contributed by atoms with E-state index in [4.69, 9.17) is 11.6 Å². The summed E-state index contributed by atoms with van der Waals surface area (Å²) in [7, 11) is 0. The summed E-state index contributed by atoms with van der Waals surface area (Å²) in [5.74, 6) is -0.444. The van der Waals surface area contributed by atoms with E-state index in [9.17, 15) is 18.0 Å². The Kier molecular flexibility index (Phi) is 6.09. The average molecular weight is 361 g/mol. The normalized spacial score (nSPS) is 11.4. The number of rotatable bonds is 5. The highest BCUT2D eigenvalue weighted by molar-refractivity contribution is 9.10. The lowest BCUT2D eigenvalue weighted by atomic mass is 10.3. The highest BCUT2D eigenvalue weighted by atomic mass is 79.9. The van der Waals surface area contributed by atoms with Crippen LogP contribution in [0.1, 0.15) is 6.42 Å². The minimum absolute atomic E-state index is 0.163. The second-order valence-corrected chi connectivity index (χ2v) is 4.86. The third-order valence-electron chi connectivity index (χ3n) is 1.94. The van der Waals surface area contributed by atoms with E-state index in [2.05, 4.69) is 26.0 Å². The molecule has 0 heterocycles. The van der Waals surface area contributed by atoms with Crippen LogP contribution < -0.4 is 5.32 Å². The highest BCUT2D eigenvalue weighted by Gasteiger charge is 2.27. The first-order valence-corrected chi connectivity index (χ1v) is 6.34. The number of halogens is 5. The third-order valence-corrected chi connectivity index (χ3v) is 3.18. The van der Waals surface area contributed by atoms with Gasteiger partial charge in [-0.2, -0.15) is 13.2 Å². The summed E-state index contributed by atoms with van der Waals surface area (Å²) in [6.07, 6.45) is -4.54. The van der Waals surface area contributed by atoms with Gasteiger partial charge in [0.05, 0.1) is 18.1 Å². The van der Waals surface area contributed by atoms with Crippen LogP contribution in [-0.2, 0) is 9.53 Å². The molecule has 0 saturated carbocycles. The summed E-state index contributed by atoms with van der Waals surface area (Å²) in [5.41, 5.74) is 0.467. The van der Waals surface area contributed by atoms with Crippen LogP contribution in [0.15, 0.2) is 22.7 Å². The summed E-state index contributed by atoms with van der Waals surface area (Å²) >= 11 is 9.02. The molecule has 0 fully saturated rings. The number of hydrogen-bond donors (Lipinski definition) is 1. The molecule has 0 aromatic heterocycles. The van der Waals surface area contributed by atoms with Crippen molar-refractivity contribution in [1.82, 2.24) is 0 Å². The zero-order valence-electron chi connectivity index (χ0n) is 9.56. The van der Waals surface area contributed by atoms with Gasteiger partial charge < -0.3 is 10.1 Å². The summed E-state index contributed by atoms with van der Waals surface area (Å²) in [4.78, 5) is 11.4. The van der Waals surface area contributed by atoms with Gasteiger partial charge in [-0.15, -0.1) is 0 Å². The zero-order valence-corrected chi connectivity index (χ0v) is 11.9. The van der Waals surface area contributed by atoms with Crippen LogP contribution in [0.3, 0.4) is 0 Å². The molecule has 0 aliphatic heterocycles. The van der Waals surface area contributed by atoms with Gasteiger partial charge in [-0.05, 0) is 34.1 Å². The van der Waals surface area contributed by atoms with Crippen LogP contribution in [0.4, 0.5) is 18.9 Å². The summed E-state index contributed by atoms with van der Waals surface area (Å²) in [6, 6.07) is 4.79. The van der Waals surface area contributed by atoms with E-state index in [0.717, 1.165) is 0 Å². The van der Waals surface area contributed by atoms with E-state index in [1.165, 1.54) is 6.07 Å². The van der Waals surface area contributed by atoms with Gasteiger partial charge in [0.2, 0.25) is 5.91 Å². The van der Waals surface area contributed by atoms with Crippen LogP contribution in [-0.4, -0.2) is 25.3 Å². The maximum atomic E-state index is 11.8. The van der Waals surface area contributed by atoms with E-state index in [-0.39, 0.29) is 13.0 Å². The fourth-order valence-corrected chi connectivity index (χ4v) is 1.58. The zero-order chi connectivity index (χ0) is 14.5. The first-order chi connectivity index (χ1) is 8.78. The van der Waals surface area contributed by atoms with Crippen molar-refractivity contribution in [3.05, 3.63) is 27.7 Å². The number of alkyl halides is 3. The molecule has 8 heteroatoms. The Hall–Kier alpha value is -0.790. The number of hydrogen-bond acceptors (Lipinski definition) is 2. The lowest BCUT2D eigenvalue weighted by Gasteiger charge is -2.08. The Bertz CT molecular complexity index is 454. The largest absolute Gasteiger partial charge is 0.411 e. The van der Waals surface area contributed by atoms with Crippen molar-refractivity contribution in [2.24, 2.45) is 0 Å². The van der Waals surface area contributed by atoms with Crippen molar-refractivity contribution in [3.8, 4) is 0 Å². The van der Waals surface area contributed by atoms with Gasteiger partial charge in [0.25, 0.3) is 0 Å². The molecule has 19 heavy (non-hydrogen) atoms. The van der Waals surface area contributed by atoms with Crippen LogP contribution in [0.25, 0.3) is 0 Å². The summed E-state index contributed by atoms with van der Waals surface area (Å²) in [5, 5.41) is 2.92. The number of amides is 1. The Morgan fingerprint density at radius 3 is 2.68 bits per heavy atom. The number of carbonyl (C=O) groups excluding carboxylic acids is 1. The molecule has 0 saturated heterocycles. The average Bonchev–Trinajstić information content (AvgIpc) is 2.28. The first-order valence-electron chi connectivity index (χ1n) is 5.17. The molecule has 106 valence electrons. The van der Waals surface area contributed by atoms with Crippen LogP contribution in [0.5, 0.6) is 0 Å². The van der Waals surface area contributed by atoms with E-state index < -0.39 is 18.7 Å². The lowest BCUT2D eigenvalue weighted by molar-refractivity contribution is -0.174. The third kappa shape index (κ3) is 6.79. The van der Waals surface area contributed by atoms with Gasteiger partial charge in [-0.3, -0.25) is 4.79 Å². The molecule has 1 rings (SSSR count). The number of anilines is 1. The van der Waals surface area contributed by atoms with Crippen molar-refractivity contribution in [2.45, 2.75) is 12.6 Å². The number of nitrogens with one attached hydrogen (secondary N) is 1. The molecule has 0 bridgehead atoms. The van der Waals surface area contributed by atoms with Crippen LogP contribution in [0, 0.1) is 0 Å². The predicted octanol–water partition coefficient (Wildman–Crippen LogP) is 4.01. The molecule has 0 unspecified atom stereocenters. The first kappa shape index (κ1) is 16.3. The fraction of sp³-hybridized carbons (Fsp3) is 0.364. The minimum atomic E-state index is -4.38. The van der Waals surface area contributed by atoms with Crippen LogP contribution >= 0.6 is 27.5 Å². The van der Waals surface area contributed by atoms with Crippen molar-refractivity contribution in [1.29, 1.82) is 0 Å². The van der Waals surface area contributed by atoms with E-state index in [1.807, 2.05) is 0 Å². The summed E-state index contributed by atoms with van der Waals surface area (Å²) in [6.45, 7) is -1.65. The molecule has 1 amide bonds. The second-order valence-electron chi connectivity index (χ2n) is 3.59. The molecule has 0 spiro atoms. The van der Waals surface area contributed by atoms with E-state index >= 15 is 0 Å². The lowest BCUT2D eigenvalue weighted by Crippen LogP contribution is -2.20. The number of ether oxygens (including phenoxy) is 1. The van der Waals surface area contributed by atoms with Crippen LogP contribution in [0.2, 0.25) is 5.02 Å². The Morgan fingerprint density at radius 1 is 1.42 bits per heavy atom. The predicted molar refractivity (Wildman–Crippen MR) is 69.3 cm³/mol. The molecule has 1 N–H and O–H groups in total. The Morgan fingerprint density at radius 2 is 2.11 bits per heavy atom. The molecule has 1 aromatic carbocycles. The van der Waals surface area contributed by atoms with Gasteiger partial charge in [0, 0.05) is 10.2 Å². The number of carbonyl (C=O) groups is 1. The highest BCUT2D eigenvalue weighted by Crippen LogP contribution is 2.25. The summed E-state index contributed by atoms with van der Waals surface area (Å²) < 4.78 is 40.3. The van der Waals surface area contributed by atoms with Gasteiger partial charge in [-0.1, -0.05) is 11.6 Å². The Labute approximate surface area is 121 Å². The van der Waals surface area contributed by atoms with Gasteiger partial charge in [0.1, 0.15) is 6.61 Å². The van der Waals surface area contributed by atoms with E-state index in [1.54, 1.807) is 12.1 Å². The molecule has 0 atom stereocenters. The molecule has 3 nitrogen and oxygen atoms in total. The molecule has 0 aliphatic carbocycles. The molecular formula is C11H10BrClF3NO2. The molecule has 1 aromatic rings.